The number of unbranched alkanes of at least 4 members (excludes halogenated alkanes) is 1. The molecular weight excluding hydrogens is 502 g/mol. The molecule has 38 heavy (non-hydrogen) atoms. The standard InChI is InChI=1S/C29H43N3O5S/c1-7-9-19-30-29(34)26(8-2)31(21-24-15-17-25(37-5)18-16-24)28(33)14-11-20-32(38(6,35)36)27-13-10-12-22(3)23(27)4/h10,12-13,15-18,26H,7-9,11,14,19-21H2,1-6H3,(H,30,34). The summed E-state index contributed by atoms with van der Waals surface area (Å²) in [5.74, 6) is 0.354. The topological polar surface area (TPSA) is 96.0 Å². The van der Waals surface area contributed by atoms with E-state index in [1.165, 1.54) is 10.6 Å². The number of nitrogens with one attached hydrogen (secondary N) is 1. The number of sulfonamides is 1. The number of hydrogen-bond acceptors (Lipinski definition) is 5. The van der Waals surface area contributed by atoms with Crippen LogP contribution in [0.25, 0.3) is 0 Å². The number of carbonyl (C=O) groups excluding carboxylic acids is 2. The first-order valence-corrected chi connectivity index (χ1v) is 15.1. The van der Waals surface area contributed by atoms with E-state index >= 15 is 0 Å². The predicted molar refractivity (Wildman–Crippen MR) is 153 cm³/mol. The molecule has 0 fully saturated rings. The first-order chi connectivity index (χ1) is 18.0. The zero-order valence-corrected chi connectivity index (χ0v) is 24.4. The van der Waals surface area contributed by atoms with Crippen molar-refractivity contribution in [3.05, 3.63) is 59.2 Å². The lowest BCUT2D eigenvalue weighted by molar-refractivity contribution is -0.141. The van der Waals surface area contributed by atoms with Crippen molar-refractivity contribution in [1.29, 1.82) is 0 Å². The van der Waals surface area contributed by atoms with Gasteiger partial charge in [-0.05, 0) is 68.0 Å². The van der Waals surface area contributed by atoms with Crippen LogP contribution in [0.2, 0.25) is 0 Å². The van der Waals surface area contributed by atoms with E-state index < -0.39 is 16.1 Å². The minimum atomic E-state index is -3.55. The van der Waals surface area contributed by atoms with E-state index in [4.69, 9.17) is 4.74 Å². The molecule has 1 N–H and O–H groups in total. The molecule has 0 aromatic heterocycles. The average molecular weight is 546 g/mol. The van der Waals surface area contributed by atoms with Gasteiger partial charge in [0.25, 0.3) is 0 Å². The van der Waals surface area contributed by atoms with E-state index in [1.807, 2.05) is 57.2 Å². The van der Waals surface area contributed by atoms with Crippen LogP contribution in [-0.2, 0) is 26.2 Å². The maximum atomic E-state index is 13.5. The highest BCUT2D eigenvalue weighted by atomic mass is 32.2. The third-order valence-corrected chi connectivity index (χ3v) is 7.90. The van der Waals surface area contributed by atoms with Crippen LogP contribution in [0.4, 0.5) is 5.69 Å². The van der Waals surface area contributed by atoms with Gasteiger partial charge in [-0.2, -0.15) is 0 Å². The summed E-state index contributed by atoms with van der Waals surface area (Å²) >= 11 is 0. The molecule has 0 bridgehead atoms. The first kappa shape index (κ1) is 31.1. The lowest BCUT2D eigenvalue weighted by atomic mass is 10.1. The van der Waals surface area contributed by atoms with E-state index in [9.17, 15) is 18.0 Å². The van der Waals surface area contributed by atoms with Crippen molar-refractivity contribution < 1.29 is 22.7 Å². The minimum absolute atomic E-state index is 0.117. The Balaban J connectivity index is 2.23. The van der Waals surface area contributed by atoms with Gasteiger partial charge in [-0.3, -0.25) is 13.9 Å². The van der Waals surface area contributed by atoms with E-state index in [0.29, 0.717) is 30.8 Å². The largest absolute Gasteiger partial charge is 0.497 e. The molecule has 1 atom stereocenters. The molecule has 2 amide bonds. The Morgan fingerprint density at radius 3 is 2.29 bits per heavy atom. The van der Waals surface area contributed by atoms with Gasteiger partial charge in [0.1, 0.15) is 11.8 Å². The molecule has 0 spiro atoms. The van der Waals surface area contributed by atoms with Crippen LogP contribution in [0.3, 0.4) is 0 Å². The molecule has 0 radical (unpaired) electrons. The molecule has 1 unspecified atom stereocenters. The predicted octanol–water partition coefficient (Wildman–Crippen LogP) is 4.58. The molecule has 210 valence electrons. The van der Waals surface area contributed by atoms with Gasteiger partial charge in [0.15, 0.2) is 0 Å². The van der Waals surface area contributed by atoms with Gasteiger partial charge in [-0.15, -0.1) is 0 Å². The number of benzene rings is 2. The summed E-state index contributed by atoms with van der Waals surface area (Å²) in [6.07, 6.45) is 3.92. The highest BCUT2D eigenvalue weighted by Gasteiger charge is 2.29. The third kappa shape index (κ3) is 8.75. The number of aryl methyl sites for hydroxylation is 1. The van der Waals surface area contributed by atoms with Crippen LogP contribution < -0.4 is 14.4 Å². The van der Waals surface area contributed by atoms with Gasteiger partial charge >= 0.3 is 0 Å². The second-order valence-electron chi connectivity index (χ2n) is 9.60. The van der Waals surface area contributed by atoms with E-state index in [1.54, 1.807) is 18.1 Å². The van der Waals surface area contributed by atoms with Gasteiger partial charge in [-0.25, -0.2) is 8.42 Å². The molecule has 0 aliphatic rings. The Kier molecular flexibility index (Phi) is 12.1. The second-order valence-corrected chi connectivity index (χ2v) is 11.5. The lowest BCUT2D eigenvalue weighted by Gasteiger charge is -2.31. The smallest absolute Gasteiger partial charge is 0.242 e. The number of carbonyl (C=O) groups is 2. The molecule has 8 nitrogen and oxygen atoms in total. The summed E-state index contributed by atoms with van der Waals surface area (Å²) in [6, 6.07) is 12.4. The summed E-state index contributed by atoms with van der Waals surface area (Å²) in [7, 11) is -1.95. The lowest BCUT2D eigenvalue weighted by Crippen LogP contribution is -2.49. The summed E-state index contributed by atoms with van der Waals surface area (Å²) < 4.78 is 31.9. The van der Waals surface area contributed by atoms with Gasteiger partial charge in [-0.1, -0.05) is 44.5 Å². The van der Waals surface area contributed by atoms with Crippen molar-refractivity contribution in [2.24, 2.45) is 0 Å². The third-order valence-electron chi connectivity index (χ3n) is 6.72. The highest BCUT2D eigenvalue weighted by Crippen LogP contribution is 2.26. The molecule has 0 aliphatic carbocycles. The van der Waals surface area contributed by atoms with Crippen LogP contribution in [-0.4, -0.2) is 57.6 Å². The molecule has 0 aliphatic heterocycles. The SMILES string of the molecule is CCCCNC(=O)C(CC)N(Cc1ccc(OC)cc1)C(=O)CCCN(c1cccc(C)c1C)S(C)(=O)=O. The molecule has 2 rings (SSSR count). The first-order valence-electron chi connectivity index (χ1n) is 13.3. The van der Waals surface area contributed by atoms with Gasteiger partial charge in [0.05, 0.1) is 19.1 Å². The Hall–Kier alpha value is -3.07. The maximum Gasteiger partial charge on any atom is 0.242 e. The average Bonchev–Trinajstić information content (AvgIpc) is 2.88. The van der Waals surface area contributed by atoms with Gasteiger partial charge in [0, 0.05) is 26.1 Å². The van der Waals surface area contributed by atoms with Crippen molar-refractivity contribution in [2.45, 2.75) is 72.4 Å². The van der Waals surface area contributed by atoms with Crippen molar-refractivity contribution in [3.8, 4) is 5.75 Å². The number of hydrogen-bond donors (Lipinski definition) is 1. The number of amides is 2. The molecule has 0 saturated carbocycles. The molecule has 2 aromatic carbocycles. The summed E-state index contributed by atoms with van der Waals surface area (Å²) in [6.45, 7) is 8.80. The van der Waals surface area contributed by atoms with Gasteiger partial charge in [0.2, 0.25) is 21.8 Å². The van der Waals surface area contributed by atoms with Crippen LogP contribution >= 0.6 is 0 Å². The number of anilines is 1. The Morgan fingerprint density at radius 2 is 1.71 bits per heavy atom. The Morgan fingerprint density at radius 1 is 1.03 bits per heavy atom. The van der Waals surface area contributed by atoms with Crippen LogP contribution in [0, 0.1) is 13.8 Å². The highest BCUT2D eigenvalue weighted by molar-refractivity contribution is 7.92. The van der Waals surface area contributed by atoms with E-state index in [0.717, 1.165) is 29.5 Å². The fourth-order valence-corrected chi connectivity index (χ4v) is 5.36. The zero-order valence-electron chi connectivity index (χ0n) is 23.6. The fourth-order valence-electron chi connectivity index (χ4n) is 4.34. The summed E-state index contributed by atoms with van der Waals surface area (Å²) in [5.41, 5.74) is 3.39. The van der Waals surface area contributed by atoms with E-state index in [2.05, 4.69) is 12.2 Å². The normalized spacial score (nSPS) is 12.1. The number of rotatable bonds is 15. The van der Waals surface area contributed by atoms with Crippen LogP contribution in [0.15, 0.2) is 42.5 Å². The summed E-state index contributed by atoms with van der Waals surface area (Å²) in [5, 5.41) is 2.96. The van der Waals surface area contributed by atoms with Crippen LogP contribution in [0.1, 0.15) is 62.6 Å². The molecule has 0 saturated heterocycles. The number of ether oxygens (including phenoxy) is 1. The molecular formula is C29H43N3O5S. The second kappa shape index (κ2) is 14.8. The number of nitrogens with zero attached hydrogens (tertiary/aromatic N) is 2. The van der Waals surface area contributed by atoms with Crippen molar-refractivity contribution in [2.75, 3.05) is 30.8 Å². The Bertz CT molecular complexity index is 1170. The number of methoxy groups -OCH3 is 1. The van der Waals surface area contributed by atoms with E-state index in [-0.39, 0.29) is 31.3 Å². The van der Waals surface area contributed by atoms with Crippen molar-refractivity contribution in [3.63, 3.8) is 0 Å². The fraction of sp³-hybridized carbons (Fsp3) is 0.517. The molecule has 2 aromatic rings. The van der Waals surface area contributed by atoms with Crippen molar-refractivity contribution in [1.82, 2.24) is 10.2 Å². The quantitative estimate of drug-likeness (QED) is 0.331. The summed E-state index contributed by atoms with van der Waals surface area (Å²) in [4.78, 5) is 28.2. The van der Waals surface area contributed by atoms with Gasteiger partial charge < -0.3 is 15.0 Å². The monoisotopic (exact) mass is 545 g/mol. The van der Waals surface area contributed by atoms with Crippen LogP contribution in [0.5, 0.6) is 5.75 Å². The molecule has 9 heteroatoms. The molecule has 0 heterocycles. The zero-order chi connectivity index (χ0) is 28.3. The minimum Gasteiger partial charge on any atom is -0.497 e. The Labute approximate surface area is 228 Å². The van der Waals surface area contributed by atoms with Crippen molar-refractivity contribution >= 4 is 27.5 Å². The maximum absolute atomic E-state index is 13.5.